The largest absolute Gasteiger partial charge is 0.329 e. The minimum atomic E-state index is 0. The first kappa shape index (κ1) is 11.0. The molecular formula is C11H12ClN3OS. The Morgan fingerprint density at radius 3 is 3.00 bits per heavy atom. The van der Waals surface area contributed by atoms with Gasteiger partial charge in [0, 0.05) is 17.0 Å². The van der Waals surface area contributed by atoms with Crippen molar-refractivity contribution >= 4 is 40.6 Å². The molecule has 0 aromatic carbocycles. The lowest BCUT2D eigenvalue weighted by Gasteiger charge is -2.21. The summed E-state index contributed by atoms with van der Waals surface area (Å²) in [5.74, 6) is 0.808. The van der Waals surface area contributed by atoms with Crippen molar-refractivity contribution in [3.63, 3.8) is 0 Å². The molecule has 0 spiro atoms. The minimum Gasteiger partial charge on any atom is -0.329 e. The second-order valence-electron chi connectivity index (χ2n) is 4.48. The smallest absolute Gasteiger partial charge is 0.246 e. The molecular weight excluding hydrogens is 258 g/mol. The number of fused-ring (bicyclic) bond motifs is 4. The SMILES string of the molecule is Cl.O=C1CN2Cc3c(sc4c3CCC4)N=C2N1. The fraction of sp³-hybridized carbons (Fsp3) is 0.455. The molecule has 4 rings (SSSR count). The fourth-order valence-electron chi connectivity index (χ4n) is 2.72. The highest BCUT2D eigenvalue weighted by molar-refractivity contribution is 7.16. The number of hydrogen-bond acceptors (Lipinski definition) is 4. The summed E-state index contributed by atoms with van der Waals surface area (Å²) >= 11 is 1.81. The van der Waals surface area contributed by atoms with Crippen LogP contribution < -0.4 is 5.32 Å². The molecule has 3 aliphatic rings. The highest BCUT2D eigenvalue weighted by Crippen LogP contribution is 2.43. The van der Waals surface area contributed by atoms with E-state index in [1.807, 2.05) is 16.2 Å². The Bertz CT molecular complexity index is 537. The van der Waals surface area contributed by atoms with E-state index in [0.29, 0.717) is 6.54 Å². The molecule has 0 saturated carbocycles. The number of carbonyl (C=O) groups is 1. The standard InChI is InChI=1S/C11H11N3OS.ClH/c15-9-5-14-4-7-6-2-1-3-8(6)16-10(7)13-11(14)12-9;/h1-5H2,(H,12,13,15);1H. The average Bonchev–Trinajstić information content (AvgIpc) is 2.86. The molecule has 1 N–H and O–H groups in total. The van der Waals surface area contributed by atoms with Gasteiger partial charge in [-0.25, -0.2) is 4.99 Å². The van der Waals surface area contributed by atoms with E-state index < -0.39 is 0 Å². The summed E-state index contributed by atoms with van der Waals surface area (Å²) in [6, 6.07) is 0. The summed E-state index contributed by atoms with van der Waals surface area (Å²) in [5, 5.41) is 3.93. The molecule has 1 amide bonds. The number of halogens is 1. The van der Waals surface area contributed by atoms with Crippen LogP contribution in [-0.2, 0) is 24.2 Å². The molecule has 1 saturated heterocycles. The minimum absolute atomic E-state index is 0. The number of nitrogens with one attached hydrogen (secondary N) is 1. The average molecular weight is 270 g/mol. The van der Waals surface area contributed by atoms with Gasteiger partial charge < -0.3 is 4.90 Å². The molecule has 0 unspecified atom stereocenters. The summed E-state index contributed by atoms with van der Waals surface area (Å²) in [6.07, 6.45) is 3.69. The van der Waals surface area contributed by atoms with Gasteiger partial charge in [0.1, 0.15) is 11.5 Å². The van der Waals surface area contributed by atoms with E-state index in [1.165, 1.54) is 35.3 Å². The molecule has 4 nitrogen and oxygen atoms in total. The van der Waals surface area contributed by atoms with E-state index in [4.69, 9.17) is 0 Å². The van der Waals surface area contributed by atoms with Gasteiger partial charge >= 0.3 is 0 Å². The highest BCUT2D eigenvalue weighted by Gasteiger charge is 2.33. The number of amides is 1. The zero-order valence-corrected chi connectivity index (χ0v) is 10.8. The third-order valence-corrected chi connectivity index (χ3v) is 4.68. The fourth-order valence-corrected chi connectivity index (χ4v) is 3.99. The maximum absolute atomic E-state index is 11.3. The maximum Gasteiger partial charge on any atom is 0.246 e. The van der Waals surface area contributed by atoms with Crippen molar-refractivity contribution in [2.45, 2.75) is 25.8 Å². The van der Waals surface area contributed by atoms with Crippen LogP contribution >= 0.6 is 23.7 Å². The third-order valence-electron chi connectivity index (χ3n) is 3.45. The van der Waals surface area contributed by atoms with Gasteiger partial charge in [-0.2, -0.15) is 0 Å². The molecule has 1 aliphatic carbocycles. The van der Waals surface area contributed by atoms with Crippen molar-refractivity contribution < 1.29 is 4.79 Å². The van der Waals surface area contributed by atoms with E-state index in [1.54, 1.807) is 0 Å². The summed E-state index contributed by atoms with van der Waals surface area (Å²) in [4.78, 5) is 19.4. The zero-order chi connectivity index (χ0) is 10.7. The van der Waals surface area contributed by atoms with Crippen LogP contribution in [0, 0.1) is 0 Å². The molecule has 90 valence electrons. The van der Waals surface area contributed by atoms with Crippen LogP contribution in [0.1, 0.15) is 22.4 Å². The van der Waals surface area contributed by atoms with E-state index in [2.05, 4.69) is 10.3 Å². The second-order valence-corrected chi connectivity index (χ2v) is 5.56. The number of hydrogen-bond donors (Lipinski definition) is 1. The predicted octanol–water partition coefficient (Wildman–Crippen LogP) is 1.59. The van der Waals surface area contributed by atoms with Crippen molar-refractivity contribution in [2.75, 3.05) is 6.54 Å². The zero-order valence-electron chi connectivity index (χ0n) is 9.15. The van der Waals surface area contributed by atoms with Crippen molar-refractivity contribution in [3.05, 3.63) is 16.0 Å². The number of guanidine groups is 1. The molecule has 17 heavy (non-hydrogen) atoms. The van der Waals surface area contributed by atoms with Gasteiger partial charge in [-0.1, -0.05) is 0 Å². The lowest BCUT2D eigenvalue weighted by molar-refractivity contribution is -0.118. The Hall–Kier alpha value is -1.07. The molecule has 1 fully saturated rings. The third kappa shape index (κ3) is 1.49. The molecule has 0 bridgehead atoms. The van der Waals surface area contributed by atoms with Crippen LogP contribution in [0.4, 0.5) is 5.00 Å². The quantitative estimate of drug-likeness (QED) is 0.777. The molecule has 3 heterocycles. The molecule has 1 aromatic heterocycles. The lowest BCUT2D eigenvalue weighted by atomic mass is 10.1. The van der Waals surface area contributed by atoms with Crippen molar-refractivity contribution in [3.8, 4) is 0 Å². The van der Waals surface area contributed by atoms with Crippen molar-refractivity contribution in [2.24, 2.45) is 4.99 Å². The first-order chi connectivity index (χ1) is 7.81. The Morgan fingerprint density at radius 1 is 1.24 bits per heavy atom. The predicted molar refractivity (Wildman–Crippen MR) is 69.2 cm³/mol. The van der Waals surface area contributed by atoms with Crippen LogP contribution in [0.15, 0.2) is 4.99 Å². The number of aliphatic imine (C=N–C) groups is 1. The maximum atomic E-state index is 11.3. The number of aryl methyl sites for hydroxylation is 1. The van der Waals surface area contributed by atoms with E-state index >= 15 is 0 Å². The van der Waals surface area contributed by atoms with Crippen LogP contribution in [0.25, 0.3) is 0 Å². The lowest BCUT2D eigenvalue weighted by Crippen LogP contribution is -2.31. The summed E-state index contributed by atoms with van der Waals surface area (Å²) in [5.41, 5.74) is 2.89. The Morgan fingerprint density at radius 2 is 2.12 bits per heavy atom. The van der Waals surface area contributed by atoms with Gasteiger partial charge in [-0.15, -0.1) is 23.7 Å². The summed E-state index contributed by atoms with van der Waals surface area (Å²) < 4.78 is 0. The van der Waals surface area contributed by atoms with Crippen LogP contribution in [0.3, 0.4) is 0 Å². The number of nitrogens with zero attached hydrogens (tertiary/aromatic N) is 2. The van der Waals surface area contributed by atoms with E-state index in [9.17, 15) is 4.79 Å². The normalized spacial score (nSPS) is 20.1. The van der Waals surface area contributed by atoms with Gasteiger partial charge in [-0.05, 0) is 24.8 Å². The topological polar surface area (TPSA) is 44.7 Å². The van der Waals surface area contributed by atoms with E-state index in [0.717, 1.165) is 17.5 Å². The second kappa shape index (κ2) is 3.71. The first-order valence-corrected chi connectivity index (χ1v) is 6.40. The van der Waals surface area contributed by atoms with Gasteiger partial charge in [0.2, 0.25) is 11.9 Å². The summed E-state index contributed by atoms with van der Waals surface area (Å²) in [6.45, 7) is 1.32. The number of carbonyl (C=O) groups excluding carboxylic acids is 1. The molecule has 1 aromatic rings. The van der Waals surface area contributed by atoms with Crippen molar-refractivity contribution in [1.29, 1.82) is 0 Å². The molecule has 2 aliphatic heterocycles. The van der Waals surface area contributed by atoms with E-state index in [-0.39, 0.29) is 18.3 Å². The van der Waals surface area contributed by atoms with Crippen LogP contribution in [0.2, 0.25) is 0 Å². The Labute approximate surface area is 109 Å². The Balaban J connectivity index is 0.000000902. The Kier molecular flexibility index (Phi) is 2.41. The van der Waals surface area contributed by atoms with Gasteiger partial charge in [0.05, 0.1) is 0 Å². The first-order valence-electron chi connectivity index (χ1n) is 5.58. The number of thiophene rings is 1. The highest BCUT2D eigenvalue weighted by atomic mass is 35.5. The van der Waals surface area contributed by atoms with Gasteiger partial charge in [0.25, 0.3) is 0 Å². The molecule has 6 heteroatoms. The van der Waals surface area contributed by atoms with Crippen molar-refractivity contribution in [1.82, 2.24) is 10.2 Å². The summed E-state index contributed by atoms with van der Waals surface area (Å²) in [7, 11) is 0. The monoisotopic (exact) mass is 269 g/mol. The van der Waals surface area contributed by atoms with Gasteiger partial charge in [0.15, 0.2) is 0 Å². The number of rotatable bonds is 0. The van der Waals surface area contributed by atoms with Crippen LogP contribution in [0.5, 0.6) is 0 Å². The molecule has 0 atom stereocenters. The molecule has 0 radical (unpaired) electrons. The van der Waals surface area contributed by atoms with Gasteiger partial charge in [-0.3, -0.25) is 10.1 Å². The van der Waals surface area contributed by atoms with Crippen LogP contribution in [-0.4, -0.2) is 23.3 Å².